The first-order chi connectivity index (χ1) is 13.3. The Bertz CT molecular complexity index is 787. The Morgan fingerprint density at radius 2 is 1.82 bits per heavy atom. The second kappa shape index (κ2) is 9.87. The monoisotopic (exact) mass is 387 g/mol. The molecule has 152 valence electrons. The van der Waals surface area contributed by atoms with Crippen molar-refractivity contribution >= 4 is 17.8 Å². The summed E-state index contributed by atoms with van der Waals surface area (Å²) >= 11 is 0. The van der Waals surface area contributed by atoms with Crippen molar-refractivity contribution in [1.82, 2.24) is 14.5 Å². The van der Waals surface area contributed by atoms with E-state index in [9.17, 15) is 10.1 Å². The predicted molar refractivity (Wildman–Crippen MR) is 110 cm³/mol. The third-order valence-corrected chi connectivity index (χ3v) is 4.02. The van der Waals surface area contributed by atoms with Crippen LogP contribution in [-0.4, -0.2) is 38.8 Å². The van der Waals surface area contributed by atoms with Gasteiger partial charge in [-0.2, -0.15) is 0 Å². The first-order valence-corrected chi connectivity index (χ1v) is 9.42. The molecule has 0 atom stereocenters. The largest absolute Gasteiger partial charge is 0.483 e. The predicted octanol–water partition coefficient (Wildman–Crippen LogP) is 4.18. The molecule has 0 N–H and O–H groups in total. The maximum Gasteiger partial charge on any atom is 0.342 e. The number of aliphatic imine (C=N–C) groups is 1. The third kappa shape index (κ3) is 6.37. The maximum absolute atomic E-state index is 10.9. The molecule has 1 aromatic heterocycles. The van der Waals surface area contributed by atoms with Crippen LogP contribution in [0, 0.1) is 22.0 Å². The van der Waals surface area contributed by atoms with Gasteiger partial charge >= 0.3 is 5.82 Å². The van der Waals surface area contributed by atoms with E-state index in [2.05, 4.69) is 42.6 Å². The minimum Gasteiger partial charge on any atom is -0.483 e. The summed E-state index contributed by atoms with van der Waals surface area (Å²) < 4.78 is 7.10. The van der Waals surface area contributed by atoms with Crippen LogP contribution >= 0.6 is 0 Å². The molecule has 28 heavy (non-hydrogen) atoms. The smallest absolute Gasteiger partial charge is 0.342 e. The van der Waals surface area contributed by atoms with E-state index in [-0.39, 0.29) is 12.4 Å². The molecule has 0 spiro atoms. The second-order valence-electron chi connectivity index (χ2n) is 7.62. The van der Waals surface area contributed by atoms with Crippen LogP contribution in [0.2, 0.25) is 0 Å². The normalized spacial score (nSPS) is 11.5. The lowest BCUT2D eigenvalue weighted by Crippen LogP contribution is -2.30. The van der Waals surface area contributed by atoms with Crippen molar-refractivity contribution in [2.75, 3.05) is 13.1 Å². The number of imidazole rings is 1. The Kier molecular flexibility index (Phi) is 7.54. The van der Waals surface area contributed by atoms with Crippen molar-refractivity contribution in [3.8, 4) is 5.75 Å². The fourth-order valence-corrected chi connectivity index (χ4v) is 2.77. The highest BCUT2D eigenvalue weighted by Crippen LogP contribution is 2.20. The number of rotatable bonds is 10. The molecule has 0 bridgehead atoms. The second-order valence-corrected chi connectivity index (χ2v) is 7.62. The van der Waals surface area contributed by atoms with Crippen LogP contribution in [0.25, 0.3) is 0 Å². The van der Waals surface area contributed by atoms with Crippen molar-refractivity contribution in [2.24, 2.45) is 23.9 Å². The summed E-state index contributed by atoms with van der Waals surface area (Å²) in [6, 6.07) is 7.43. The molecule has 0 aliphatic heterocycles. The van der Waals surface area contributed by atoms with Crippen LogP contribution in [0.4, 0.5) is 11.5 Å². The van der Waals surface area contributed by atoms with Crippen LogP contribution < -0.4 is 4.74 Å². The molecule has 2 aromatic rings. The number of benzene rings is 1. The highest BCUT2D eigenvalue weighted by atomic mass is 16.6. The van der Waals surface area contributed by atoms with Crippen molar-refractivity contribution in [1.29, 1.82) is 0 Å². The Morgan fingerprint density at radius 1 is 1.21 bits per heavy atom. The van der Waals surface area contributed by atoms with Crippen molar-refractivity contribution in [2.45, 2.75) is 34.3 Å². The topological polar surface area (TPSA) is 85.8 Å². The molecule has 0 fully saturated rings. The molecular formula is C20H29N5O3. The molecule has 2 rings (SSSR count). The molecule has 1 heterocycles. The first kappa shape index (κ1) is 21.4. The van der Waals surface area contributed by atoms with E-state index in [1.54, 1.807) is 7.05 Å². The van der Waals surface area contributed by atoms with E-state index in [1.807, 2.05) is 30.6 Å². The van der Waals surface area contributed by atoms with Gasteiger partial charge in [0.1, 0.15) is 11.9 Å². The van der Waals surface area contributed by atoms with Crippen LogP contribution in [0.5, 0.6) is 5.75 Å². The van der Waals surface area contributed by atoms with Crippen LogP contribution in [-0.2, 0) is 13.7 Å². The van der Waals surface area contributed by atoms with Gasteiger partial charge in [0.2, 0.25) is 5.82 Å². The fraction of sp³-hybridized carbons (Fsp3) is 0.500. The highest BCUT2D eigenvalue weighted by molar-refractivity contribution is 5.61. The summed E-state index contributed by atoms with van der Waals surface area (Å²) in [4.78, 5) is 21.2. The van der Waals surface area contributed by atoms with Crippen LogP contribution in [0.1, 0.15) is 33.5 Å². The minimum atomic E-state index is -0.467. The summed E-state index contributed by atoms with van der Waals surface area (Å²) in [5, 5.41) is 10.9. The number of ether oxygens (including phenoxy) is 1. The number of aromatic nitrogens is 2. The lowest BCUT2D eigenvalue weighted by molar-refractivity contribution is -0.391. The average molecular weight is 387 g/mol. The summed E-state index contributed by atoms with van der Waals surface area (Å²) in [5.41, 5.74) is 0.845. The van der Waals surface area contributed by atoms with E-state index in [0.29, 0.717) is 23.4 Å². The highest BCUT2D eigenvalue weighted by Gasteiger charge is 2.16. The number of nitrogens with zero attached hydrogens (tertiary/aromatic N) is 5. The molecule has 1 aromatic carbocycles. The van der Waals surface area contributed by atoms with Gasteiger partial charge in [0.05, 0.1) is 19.1 Å². The summed E-state index contributed by atoms with van der Waals surface area (Å²) in [6.45, 7) is 10.9. The molecule has 0 amide bonds. The molecule has 0 aliphatic carbocycles. The van der Waals surface area contributed by atoms with Gasteiger partial charge in [0.15, 0.2) is 6.61 Å². The number of hydrogen-bond acceptors (Lipinski definition) is 5. The molecule has 0 saturated heterocycles. The van der Waals surface area contributed by atoms with Gasteiger partial charge in [-0.25, -0.2) is 14.5 Å². The summed E-state index contributed by atoms with van der Waals surface area (Å²) in [7, 11) is 1.60. The molecule has 8 nitrogen and oxygen atoms in total. The minimum absolute atomic E-state index is 0.0596. The molecule has 8 heteroatoms. The molecule has 0 radical (unpaired) electrons. The Labute approximate surface area is 166 Å². The van der Waals surface area contributed by atoms with Crippen molar-refractivity contribution in [3.05, 3.63) is 46.4 Å². The van der Waals surface area contributed by atoms with E-state index in [4.69, 9.17) is 4.74 Å². The first-order valence-electron chi connectivity index (χ1n) is 9.42. The molecular weight excluding hydrogens is 358 g/mol. The van der Waals surface area contributed by atoms with Gasteiger partial charge in [0, 0.05) is 13.1 Å². The van der Waals surface area contributed by atoms with Gasteiger partial charge in [-0.15, -0.1) is 0 Å². The lowest BCUT2D eigenvalue weighted by Gasteiger charge is -2.23. The van der Waals surface area contributed by atoms with E-state index < -0.39 is 4.92 Å². The summed E-state index contributed by atoms with van der Waals surface area (Å²) in [5.74, 6) is 2.24. The quantitative estimate of drug-likeness (QED) is 0.264. The van der Waals surface area contributed by atoms with Gasteiger partial charge in [-0.3, -0.25) is 0 Å². The van der Waals surface area contributed by atoms with Crippen molar-refractivity contribution < 1.29 is 9.66 Å². The van der Waals surface area contributed by atoms with Gasteiger partial charge in [-0.1, -0.05) is 27.7 Å². The SMILES string of the molecule is CC(C)CN(/C=N/c1ccc(OCc2ncc([N+](=O)[O-])n2C)cc1)CC(C)C. The van der Waals surface area contributed by atoms with Crippen LogP contribution in [0.15, 0.2) is 35.5 Å². The number of nitro groups is 1. The zero-order valence-corrected chi connectivity index (χ0v) is 17.2. The van der Waals surface area contributed by atoms with Crippen molar-refractivity contribution in [3.63, 3.8) is 0 Å². The van der Waals surface area contributed by atoms with Crippen LogP contribution in [0.3, 0.4) is 0 Å². The van der Waals surface area contributed by atoms with E-state index in [1.165, 1.54) is 10.8 Å². The Balaban J connectivity index is 1.96. The standard InChI is InChI=1S/C20H29N5O3/c1-15(2)11-24(12-16(3)4)14-22-17-6-8-18(9-7-17)28-13-19-21-10-20(23(19)5)25(26)27/h6-10,14-16H,11-13H2,1-5H3/b22-14+. The van der Waals surface area contributed by atoms with E-state index >= 15 is 0 Å². The molecule has 0 saturated carbocycles. The Hall–Kier alpha value is -2.90. The fourth-order valence-electron chi connectivity index (χ4n) is 2.77. The summed E-state index contributed by atoms with van der Waals surface area (Å²) in [6.07, 6.45) is 3.14. The lowest BCUT2D eigenvalue weighted by atomic mass is 10.1. The zero-order chi connectivity index (χ0) is 20.7. The van der Waals surface area contributed by atoms with Gasteiger partial charge in [0.25, 0.3) is 0 Å². The van der Waals surface area contributed by atoms with Gasteiger partial charge in [-0.05, 0) is 41.0 Å². The third-order valence-electron chi connectivity index (χ3n) is 4.02. The van der Waals surface area contributed by atoms with E-state index in [0.717, 1.165) is 18.8 Å². The molecule has 0 aliphatic rings. The van der Waals surface area contributed by atoms with Gasteiger partial charge < -0.3 is 19.8 Å². The Morgan fingerprint density at radius 3 is 2.32 bits per heavy atom. The molecule has 0 unspecified atom stereocenters. The number of hydrogen-bond donors (Lipinski definition) is 0. The maximum atomic E-state index is 10.9. The average Bonchev–Trinajstić information content (AvgIpc) is 2.98. The zero-order valence-electron chi connectivity index (χ0n) is 17.2.